The van der Waals surface area contributed by atoms with Gasteiger partial charge in [0.1, 0.15) is 0 Å². The number of amides is 1. The maximum atomic E-state index is 12.2. The standard InChI is InChI=1S/C14H26N2O/c1-11-5-7-16(8-6-11)14(17)10-12-3-2-4-13(15)9-12/h11-13H,2-10,15H2,1H3. The van der Waals surface area contributed by atoms with Crippen LogP contribution >= 0.6 is 0 Å². The molecule has 3 nitrogen and oxygen atoms in total. The van der Waals surface area contributed by atoms with Crippen molar-refractivity contribution >= 4 is 5.91 Å². The smallest absolute Gasteiger partial charge is 0.222 e. The fourth-order valence-electron chi connectivity index (χ4n) is 3.15. The average Bonchev–Trinajstić information content (AvgIpc) is 2.29. The van der Waals surface area contributed by atoms with Gasteiger partial charge < -0.3 is 10.6 Å². The van der Waals surface area contributed by atoms with Gasteiger partial charge in [-0.3, -0.25) is 4.79 Å². The molecule has 2 aliphatic rings. The molecule has 1 aliphatic heterocycles. The summed E-state index contributed by atoms with van der Waals surface area (Å²) in [5.41, 5.74) is 5.97. The fourth-order valence-corrected chi connectivity index (χ4v) is 3.15. The predicted molar refractivity (Wildman–Crippen MR) is 69.5 cm³/mol. The number of carbonyl (C=O) groups is 1. The maximum absolute atomic E-state index is 12.2. The second-order valence-electron chi connectivity index (χ2n) is 6.06. The van der Waals surface area contributed by atoms with Gasteiger partial charge in [-0.15, -0.1) is 0 Å². The van der Waals surface area contributed by atoms with Crippen LogP contribution in [0.25, 0.3) is 0 Å². The Morgan fingerprint density at radius 3 is 2.59 bits per heavy atom. The van der Waals surface area contributed by atoms with E-state index in [-0.39, 0.29) is 0 Å². The molecule has 2 atom stereocenters. The molecule has 17 heavy (non-hydrogen) atoms. The molecule has 2 unspecified atom stereocenters. The van der Waals surface area contributed by atoms with Crippen LogP contribution in [0.3, 0.4) is 0 Å². The zero-order valence-corrected chi connectivity index (χ0v) is 11.0. The second kappa shape index (κ2) is 5.85. The Kier molecular flexibility index (Phi) is 4.43. The van der Waals surface area contributed by atoms with Crippen LogP contribution in [0.5, 0.6) is 0 Å². The number of rotatable bonds is 2. The molecule has 1 heterocycles. The summed E-state index contributed by atoms with van der Waals surface area (Å²) in [6, 6.07) is 0.336. The molecule has 3 heteroatoms. The van der Waals surface area contributed by atoms with Crippen LogP contribution < -0.4 is 5.73 Å². The second-order valence-corrected chi connectivity index (χ2v) is 6.06. The molecule has 1 saturated carbocycles. The van der Waals surface area contributed by atoms with Crippen molar-refractivity contribution in [3.05, 3.63) is 0 Å². The molecule has 2 fully saturated rings. The highest BCUT2D eigenvalue weighted by molar-refractivity contribution is 5.76. The van der Waals surface area contributed by atoms with Crippen molar-refractivity contribution in [2.24, 2.45) is 17.6 Å². The van der Waals surface area contributed by atoms with Gasteiger partial charge >= 0.3 is 0 Å². The summed E-state index contributed by atoms with van der Waals surface area (Å²) < 4.78 is 0. The zero-order chi connectivity index (χ0) is 12.3. The van der Waals surface area contributed by atoms with E-state index in [1.54, 1.807) is 0 Å². The van der Waals surface area contributed by atoms with E-state index >= 15 is 0 Å². The van der Waals surface area contributed by atoms with Gasteiger partial charge in [0.25, 0.3) is 0 Å². The lowest BCUT2D eigenvalue weighted by Crippen LogP contribution is -2.39. The van der Waals surface area contributed by atoms with Crippen molar-refractivity contribution in [2.75, 3.05) is 13.1 Å². The van der Waals surface area contributed by atoms with Gasteiger partial charge in [0, 0.05) is 25.6 Å². The minimum atomic E-state index is 0.336. The Labute approximate surface area is 105 Å². The van der Waals surface area contributed by atoms with Gasteiger partial charge in [-0.25, -0.2) is 0 Å². The van der Waals surface area contributed by atoms with Crippen LogP contribution in [0.4, 0.5) is 0 Å². The summed E-state index contributed by atoms with van der Waals surface area (Å²) in [6.45, 7) is 4.22. The monoisotopic (exact) mass is 238 g/mol. The molecular weight excluding hydrogens is 212 g/mol. The number of hydrogen-bond donors (Lipinski definition) is 1. The molecule has 1 saturated heterocycles. The third kappa shape index (κ3) is 3.70. The van der Waals surface area contributed by atoms with Crippen molar-refractivity contribution < 1.29 is 4.79 Å². The van der Waals surface area contributed by atoms with E-state index in [9.17, 15) is 4.79 Å². The Hall–Kier alpha value is -0.570. The number of hydrogen-bond acceptors (Lipinski definition) is 2. The van der Waals surface area contributed by atoms with Crippen LogP contribution in [-0.4, -0.2) is 29.9 Å². The SMILES string of the molecule is CC1CCN(C(=O)CC2CCCC(N)C2)CC1. The Bertz CT molecular complexity index is 259. The van der Waals surface area contributed by atoms with E-state index in [0.29, 0.717) is 17.9 Å². The van der Waals surface area contributed by atoms with Crippen LogP contribution in [0.15, 0.2) is 0 Å². The number of likely N-dealkylation sites (tertiary alicyclic amines) is 1. The first-order chi connectivity index (χ1) is 8.15. The van der Waals surface area contributed by atoms with Crippen LogP contribution in [-0.2, 0) is 4.79 Å². The number of nitrogens with zero attached hydrogens (tertiary/aromatic N) is 1. The highest BCUT2D eigenvalue weighted by Gasteiger charge is 2.25. The highest BCUT2D eigenvalue weighted by atomic mass is 16.2. The lowest BCUT2D eigenvalue weighted by Gasteiger charge is -2.33. The zero-order valence-electron chi connectivity index (χ0n) is 11.0. The first-order valence-electron chi connectivity index (χ1n) is 7.18. The molecule has 0 spiro atoms. The topological polar surface area (TPSA) is 46.3 Å². The molecule has 1 amide bonds. The molecule has 0 bridgehead atoms. The van der Waals surface area contributed by atoms with Gasteiger partial charge in [-0.05, 0) is 43.9 Å². The summed E-state index contributed by atoms with van der Waals surface area (Å²) in [7, 11) is 0. The number of nitrogens with two attached hydrogens (primary N) is 1. The van der Waals surface area contributed by atoms with Gasteiger partial charge in [-0.1, -0.05) is 13.3 Å². The molecular formula is C14H26N2O. The summed E-state index contributed by atoms with van der Waals surface area (Å²) in [4.78, 5) is 14.2. The number of piperidine rings is 1. The molecule has 0 aromatic heterocycles. The predicted octanol–water partition coefficient (Wildman–Crippen LogP) is 2.15. The van der Waals surface area contributed by atoms with Crippen molar-refractivity contribution in [1.82, 2.24) is 4.90 Å². The first-order valence-corrected chi connectivity index (χ1v) is 7.18. The normalized spacial score (nSPS) is 31.5. The van der Waals surface area contributed by atoms with E-state index in [0.717, 1.165) is 38.3 Å². The summed E-state index contributed by atoms with van der Waals surface area (Å²) >= 11 is 0. The lowest BCUT2D eigenvalue weighted by molar-refractivity contribution is -0.133. The highest BCUT2D eigenvalue weighted by Crippen LogP contribution is 2.27. The van der Waals surface area contributed by atoms with Crippen molar-refractivity contribution in [1.29, 1.82) is 0 Å². The van der Waals surface area contributed by atoms with Gasteiger partial charge in [0.15, 0.2) is 0 Å². The van der Waals surface area contributed by atoms with Crippen LogP contribution in [0.1, 0.15) is 51.9 Å². The Balaban J connectivity index is 1.76. The number of carbonyl (C=O) groups excluding carboxylic acids is 1. The van der Waals surface area contributed by atoms with Gasteiger partial charge in [0.05, 0.1) is 0 Å². The third-order valence-corrected chi connectivity index (χ3v) is 4.42. The van der Waals surface area contributed by atoms with E-state index < -0.39 is 0 Å². The van der Waals surface area contributed by atoms with Gasteiger partial charge in [-0.2, -0.15) is 0 Å². The van der Waals surface area contributed by atoms with Gasteiger partial charge in [0.2, 0.25) is 5.91 Å². The molecule has 98 valence electrons. The molecule has 2 rings (SSSR count). The van der Waals surface area contributed by atoms with Crippen LogP contribution in [0.2, 0.25) is 0 Å². The first kappa shape index (κ1) is 12.9. The molecule has 1 aliphatic carbocycles. The Morgan fingerprint density at radius 1 is 1.24 bits per heavy atom. The summed E-state index contributed by atoms with van der Waals surface area (Å²) in [5.74, 6) is 1.71. The molecule has 0 aromatic carbocycles. The van der Waals surface area contributed by atoms with E-state index in [2.05, 4.69) is 11.8 Å². The molecule has 0 radical (unpaired) electrons. The molecule has 2 N–H and O–H groups in total. The minimum Gasteiger partial charge on any atom is -0.343 e. The van der Waals surface area contributed by atoms with Crippen molar-refractivity contribution in [3.63, 3.8) is 0 Å². The third-order valence-electron chi connectivity index (χ3n) is 4.42. The summed E-state index contributed by atoms with van der Waals surface area (Å²) in [6.07, 6.45) is 7.69. The van der Waals surface area contributed by atoms with Crippen molar-refractivity contribution in [2.45, 2.75) is 57.9 Å². The fraction of sp³-hybridized carbons (Fsp3) is 0.929. The molecule has 0 aromatic rings. The Morgan fingerprint density at radius 2 is 1.94 bits per heavy atom. The average molecular weight is 238 g/mol. The largest absolute Gasteiger partial charge is 0.343 e. The minimum absolute atomic E-state index is 0.336. The van der Waals surface area contributed by atoms with E-state index in [1.165, 1.54) is 25.7 Å². The van der Waals surface area contributed by atoms with E-state index in [4.69, 9.17) is 5.73 Å². The lowest BCUT2D eigenvalue weighted by atomic mass is 9.83. The quantitative estimate of drug-likeness (QED) is 0.801. The van der Waals surface area contributed by atoms with E-state index in [1.807, 2.05) is 0 Å². The maximum Gasteiger partial charge on any atom is 0.222 e. The van der Waals surface area contributed by atoms with Crippen molar-refractivity contribution in [3.8, 4) is 0 Å². The summed E-state index contributed by atoms with van der Waals surface area (Å²) in [5, 5.41) is 0. The van der Waals surface area contributed by atoms with Crippen LogP contribution in [0, 0.1) is 11.8 Å².